The summed E-state index contributed by atoms with van der Waals surface area (Å²) in [5, 5.41) is 3.64. The first kappa shape index (κ1) is 23.7. The first-order valence-electron chi connectivity index (χ1n) is 9.40. The molecule has 4 aromatic rings. The average Bonchev–Trinajstić information content (AvgIpc) is 3.20. The van der Waals surface area contributed by atoms with Gasteiger partial charge in [0.15, 0.2) is 22.7 Å². The highest BCUT2D eigenvalue weighted by atomic mass is 35.5. The van der Waals surface area contributed by atoms with Crippen LogP contribution < -0.4 is 21.6 Å². The second-order valence-corrected chi connectivity index (χ2v) is 7.26. The van der Waals surface area contributed by atoms with Crippen molar-refractivity contribution in [3.05, 3.63) is 75.2 Å². The van der Waals surface area contributed by atoms with Gasteiger partial charge >= 0.3 is 6.18 Å². The summed E-state index contributed by atoms with van der Waals surface area (Å²) in [5.74, 6) is -3.71. The van der Waals surface area contributed by atoms with E-state index in [0.29, 0.717) is 4.68 Å². The second kappa shape index (κ2) is 8.72. The molecule has 0 bridgehead atoms. The lowest BCUT2D eigenvalue weighted by Gasteiger charge is -2.11. The van der Waals surface area contributed by atoms with Gasteiger partial charge in [0.2, 0.25) is 5.88 Å². The third-order valence-corrected chi connectivity index (χ3v) is 4.94. The highest BCUT2D eigenvalue weighted by Gasteiger charge is 2.42. The van der Waals surface area contributed by atoms with Crippen LogP contribution in [0.5, 0.6) is 11.6 Å². The molecule has 180 valence electrons. The molecule has 0 aliphatic rings. The monoisotopic (exact) mass is 509 g/mol. The Balaban J connectivity index is 1.87. The minimum atomic E-state index is -5.12. The molecule has 3 heterocycles. The molecule has 0 aliphatic heterocycles. The van der Waals surface area contributed by atoms with Gasteiger partial charge in [-0.25, -0.2) is 14.1 Å². The molecular weight excluding hydrogens is 498 g/mol. The van der Waals surface area contributed by atoms with E-state index in [1.54, 1.807) is 0 Å². The van der Waals surface area contributed by atoms with Crippen molar-refractivity contribution >= 4 is 23.3 Å². The number of alkyl halides is 3. The number of hydrogen-bond acceptors (Lipinski definition) is 7. The summed E-state index contributed by atoms with van der Waals surface area (Å²) >= 11 is 5.92. The van der Waals surface area contributed by atoms with Crippen molar-refractivity contribution in [1.29, 1.82) is 0 Å². The zero-order chi connectivity index (χ0) is 25.5. The Bertz CT molecular complexity index is 1520. The number of ether oxygens (including phenoxy) is 1. The number of hydrogen-bond donors (Lipinski definition) is 3. The van der Waals surface area contributed by atoms with Gasteiger partial charge in [-0.15, -0.1) is 0 Å². The van der Waals surface area contributed by atoms with Gasteiger partial charge in [0.05, 0.1) is 5.56 Å². The maximum atomic E-state index is 14.8. The zero-order valence-corrected chi connectivity index (χ0v) is 17.9. The molecule has 0 fully saturated rings. The predicted octanol–water partition coefficient (Wildman–Crippen LogP) is 3.30. The van der Waals surface area contributed by atoms with Gasteiger partial charge < -0.3 is 21.2 Å². The van der Waals surface area contributed by atoms with Crippen molar-refractivity contribution in [2.75, 3.05) is 5.73 Å². The number of aromatic nitrogens is 5. The van der Waals surface area contributed by atoms with Crippen LogP contribution >= 0.6 is 11.6 Å². The van der Waals surface area contributed by atoms with E-state index in [4.69, 9.17) is 27.8 Å². The van der Waals surface area contributed by atoms with Gasteiger partial charge in [0, 0.05) is 23.9 Å². The summed E-state index contributed by atoms with van der Waals surface area (Å²) in [6, 6.07) is 4.89. The molecule has 0 atom stereocenters. The van der Waals surface area contributed by atoms with E-state index in [-0.39, 0.29) is 22.3 Å². The Morgan fingerprint density at radius 3 is 2.54 bits per heavy atom. The van der Waals surface area contributed by atoms with Crippen molar-refractivity contribution in [3.8, 4) is 28.7 Å². The minimum Gasteiger partial charge on any atom is -0.434 e. The molecule has 0 saturated heterocycles. The Morgan fingerprint density at radius 2 is 1.91 bits per heavy atom. The molecule has 5 N–H and O–H groups in total. The van der Waals surface area contributed by atoms with Gasteiger partial charge in [0.25, 0.3) is 5.91 Å². The van der Waals surface area contributed by atoms with E-state index in [1.807, 2.05) is 0 Å². The third kappa shape index (κ3) is 4.50. The Morgan fingerprint density at radius 1 is 1.17 bits per heavy atom. The molecule has 1 aromatic carbocycles. The predicted molar refractivity (Wildman–Crippen MR) is 115 cm³/mol. The molecule has 0 unspecified atom stereocenters. The molecule has 1 amide bonds. The Kier molecular flexibility index (Phi) is 5.90. The molecule has 15 heteroatoms. The summed E-state index contributed by atoms with van der Waals surface area (Å²) in [6.45, 7) is 0. The molecule has 35 heavy (non-hydrogen) atoms. The number of H-pyrrole nitrogens is 1. The van der Waals surface area contributed by atoms with E-state index in [1.165, 1.54) is 0 Å². The van der Waals surface area contributed by atoms with Crippen molar-refractivity contribution in [3.63, 3.8) is 0 Å². The number of nitrogen functional groups attached to an aromatic ring is 1. The average molecular weight is 510 g/mol. The van der Waals surface area contributed by atoms with E-state index in [2.05, 4.69) is 20.1 Å². The number of nitrogens with one attached hydrogen (secondary N) is 1. The van der Waals surface area contributed by atoms with Gasteiger partial charge in [-0.3, -0.25) is 9.59 Å². The van der Waals surface area contributed by atoms with Crippen LogP contribution in [0, 0.1) is 5.82 Å². The van der Waals surface area contributed by atoms with Crippen molar-refractivity contribution in [1.82, 2.24) is 24.7 Å². The number of nitrogens with zero attached hydrogens (tertiary/aromatic N) is 4. The van der Waals surface area contributed by atoms with Crippen LogP contribution in [-0.2, 0) is 6.18 Å². The maximum absolute atomic E-state index is 14.8. The first-order valence-corrected chi connectivity index (χ1v) is 9.78. The Labute approximate surface area is 197 Å². The number of rotatable bonds is 5. The van der Waals surface area contributed by atoms with Crippen LogP contribution in [0.4, 0.5) is 23.4 Å². The van der Waals surface area contributed by atoms with Gasteiger partial charge in [-0.2, -0.15) is 23.3 Å². The normalized spacial score (nSPS) is 11.5. The molecular formula is C20H12ClF4N7O3. The standard InChI is InChI=1S/C20H12ClF4N7O3/c21-14-17(26)29-7-30-19(14)35-11-2-1-8(5-10(11)22)15-13(18(27)34)16(20(23,24)25)32(31-15)12-6-9(33)3-4-28-12/h1-7H,(H2,27,34)(H,28,33)(H2,26,29,30). The molecule has 10 nitrogen and oxygen atoms in total. The van der Waals surface area contributed by atoms with E-state index in [0.717, 1.165) is 42.9 Å². The number of carbonyl (C=O) groups is 1. The number of primary amides is 1. The number of nitrogens with two attached hydrogens (primary N) is 2. The maximum Gasteiger partial charge on any atom is 0.434 e. The third-order valence-electron chi connectivity index (χ3n) is 4.58. The fraction of sp³-hybridized carbons (Fsp3) is 0.0500. The Hall–Kier alpha value is -4.46. The number of aromatic amines is 1. The van der Waals surface area contributed by atoms with Crippen LogP contribution in [0.2, 0.25) is 5.02 Å². The molecule has 0 spiro atoms. The lowest BCUT2D eigenvalue weighted by atomic mass is 10.0. The molecule has 0 radical (unpaired) electrons. The summed E-state index contributed by atoms with van der Waals surface area (Å²) in [7, 11) is 0. The number of amides is 1. The fourth-order valence-electron chi connectivity index (χ4n) is 3.12. The van der Waals surface area contributed by atoms with Gasteiger partial charge in [0.1, 0.15) is 28.7 Å². The number of pyridine rings is 1. The highest BCUT2D eigenvalue weighted by molar-refractivity contribution is 6.34. The van der Waals surface area contributed by atoms with E-state index >= 15 is 0 Å². The van der Waals surface area contributed by atoms with Crippen molar-refractivity contribution in [2.24, 2.45) is 5.73 Å². The zero-order valence-electron chi connectivity index (χ0n) is 17.1. The van der Waals surface area contributed by atoms with Gasteiger partial charge in [-0.05, 0) is 18.2 Å². The first-order chi connectivity index (χ1) is 16.5. The van der Waals surface area contributed by atoms with Crippen LogP contribution in [0.3, 0.4) is 0 Å². The van der Waals surface area contributed by atoms with Crippen LogP contribution in [0.25, 0.3) is 17.1 Å². The number of anilines is 1. The summed E-state index contributed by atoms with van der Waals surface area (Å²) in [4.78, 5) is 33.6. The number of carbonyl (C=O) groups excluding carboxylic acids is 1. The lowest BCUT2D eigenvalue weighted by molar-refractivity contribution is -0.143. The van der Waals surface area contributed by atoms with E-state index in [9.17, 15) is 27.2 Å². The fourth-order valence-corrected chi connectivity index (χ4v) is 3.25. The smallest absolute Gasteiger partial charge is 0.434 e. The van der Waals surface area contributed by atoms with Gasteiger partial charge in [-0.1, -0.05) is 11.6 Å². The quantitative estimate of drug-likeness (QED) is 0.348. The van der Waals surface area contributed by atoms with Crippen molar-refractivity contribution in [2.45, 2.75) is 6.18 Å². The summed E-state index contributed by atoms with van der Waals surface area (Å²) in [5.41, 5.74) is 6.77. The lowest BCUT2D eigenvalue weighted by Crippen LogP contribution is -2.22. The largest absolute Gasteiger partial charge is 0.434 e. The SMILES string of the molecule is NC(=O)c1c(-c2ccc(Oc3ncnc(N)c3Cl)c(F)c2)nn(-c2cc(=O)cc[nH]2)c1C(F)(F)F. The topological polar surface area (TPSA) is 155 Å². The second-order valence-electron chi connectivity index (χ2n) is 6.88. The summed E-state index contributed by atoms with van der Waals surface area (Å²) in [6.07, 6.45) is -2.99. The molecule has 4 rings (SSSR count). The van der Waals surface area contributed by atoms with Crippen LogP contribution in [-0.4, -0.2) is 30.6 Å². The highest BCUT2D eigenvalue weighted by Crippen LogP contribution is 2.39. The minimum absolute atomic E-state index is 0.121. The molecule has 0 aliphatic carbocycles. The molecule has 0 saturated carbocycles. The molecule has 3 aromatic heterocycles. The van der Waals surface area contributed by atoms with Crippen molar-refractivity contribution < 1.29 is 27.1 Å². The number of halogens is 5. The van der Waals surface area contributed by atoms with E-state index < -0.39 is 51.8 Å². The summed E-state index contributed by atoms with van der Waals surface area (Å²) < 4.78 is 62.3. The van der Waals surface area contributed by atoms with Crippen LogP contribution in [0.1, 0.15) is 16.1 Å². The van der Waals surface area contributed by atoms with Crippen LogP contribution in [0.15, 0.2) is 47.7 Å². The number of benzene rings is 1.